The molecule has 1 aliphatic heterocycles. The minimum Gasteiger partial charge on any atom is -0.478 e. The first-order valence-electron chi connectivity index (χ1n) is 9.17. The third-order valence-corrected chi connectivity index (χ3v) is 5.31. The van der Waals surface area contributed by atoms with Crippen LogP contribution in [0.4, 0.5) is 10.1 Å². The molecule has 0 spiro atoms. The quantitative estimate of drug-likeness (QED) is 0.462. The van der Waals surface area contributed by atoms with Gasteiger partial charge in [-0.1, -0.05) is 13.0 Å². The van der Waals surface area contributed by atoms with Crippen LogP contribution in [0.5, 0.6) is 0 Å². The number of carbonyl (C=O) groups is 2. The zero-order valence-electron chi connectivity index (χ0n) is 15.8. The van der Waals surface area contributed by atoms with E-state index >= 15 is 0 Å². The van der Waals surface area contributed by atoms with Crippen LogP contribution in [0.2, 0.25) is 0 Å². The Labute approximate surface area is 165 Å². The van der Waals surface area contributed by atoms with Crippen molar-refractivity contribution in [2.24, 2.45) is 5.92 Å². The summed E-state index contributed by atoms with van der Waals surface area (Å²) in [7, 11) is 0. The van der Waals surface area contributed by atoms with Crippen molar-refractivity contribution in [3.63, 3.8) is 0 Å². The molecule has 0 radical (unpaired) electrons. The minimum atomic E-state index is -1.32. The summed E-state index contributed by atoms with van der Waals surface area (Å²) in [5.41, 5.74) is 7.88. The summed E-state index contributed by atoms with van der Waals surface area (Å²) in [6.07, 6.45) is 1.55. The second kappa shape index (κ2) is 7.26. The summed E-state index contributed by atoms with van der Waals surface area (Å²) in [6.45, 7) is 4.00. The molecule has 4 rings (SSSR count). The maximum absolute atomic E-state index is 14.0. The molecule has 1 saturated heterocycles. The minimum absolute atomic E-state index is 0.134. The molecule has 8 nitrogen and oxygen atoms in total. The predicted octanol–water partition coefficient (Wildman–Crippen LogP) is 2.51. The van der Waals surface area contributed by atoms with E-state index in [4.69, 9.17) is 5.11 Å². The van der Waals surface area contributed by atoms with Gasteiger partial charge in [-0.15, -0.1) is 0 Å². The van der Waals surface area contributed by atoms with Crippen LogP contribution in [0.3, 0.4) is 0 Å². The van der Waals surface area contributed by atoms with Crippen LogP contribution < -0.4 is 16.2 Å². The first-order chi connectivity index (χ1) is 13.8. The van der Waals surface area contributed by atoms with Gasteiger partial charge in [0.1, 0.15) is 17.5 Å². The third kappa shape index (κ3) is 3.57. The summed E-state index contributed by atoms with van der Waals surface area (Å²) in [5, 5.41) is 12.6. The molecule has 0 aliphatic carbocycles. The van der Waals surface area contributed by atoms with Gasteiger partial charge in [0.25, 0.3) is 0 Å². The second-order valence-corrected chi connectivity index (χ2v) is 7.25. The van der Waals surface area contributed by atoms with Gasteiger partial charge in [-0.2, -0.15) is 0 Å². The molecule has 1 amide bonds. The number of amides is 1. The average Bonchev–Trinajstić information content (AvgIpc) is 3.24. The van der Waals surface area contributed by atoms with Crippen molar-refractivity contribution < 1.29 is 19.1 Å². The Hall–Kier alpha value is -3.30. The Balaban J connectivity index is 1.57. The molecule has 0 bridgehead atoms. The van der Waals surface area contributed by atoms with E-state index in [2.05, 4.69) is 26.1 Å². The number of nitrogens with zero attached hydrogens (tertiary/aromatic N) is 1. The van der Waals surface area contributed by atoms with Crippen molar-refractivity contribution in [1.82, 2.24) is 20.8 Å². The number of H-pyrrole nitrogens is 1. The van der Waals surface area contributed by atoms with Crippen molar-refractivity contribution in [3.05, 3.63) is 47.9 Å². The van der Waals surface area contributed by atoms with Crippen molar-refractivity contribution in [2.45, 2.75) is 25.9 Å². The lowest BCUT2D eigenvalue weighted by molar-refractivity contribution is -0.118. The van der Waals surface area contributed by atoms with Gasteiger partial charge in [-0.3, -0.25) is 10.2 Å². The molecule has 0 saturated carbocycles. The Morgan fingerprint density at radius 3 is 2.62 bits per heavy atom. The monoisotopic (exact) mass is 397 g/mol. The number of anilines is 1. The topological polar surface area (TPSA) is 119 Å². The van der Waals surface area contributed by atoms with Gasteiger partial charge < -0.3 is 15.4 Å². The number of aromatic nitrogens is 2. The second-order valence-electron chi connectivity index (χ2n) is 7.25. The first-order valence-corrected chi connectivity index (χ1v) is 9.17. The van der Waals surface area contributed by atoms with Crippen molar-refractivity contribution >= 4 is 28.6 Å². The summed E-state index contributed by atoms with van der Waals surface area (Å²) in [6, 6.07) is 7.30. The van der Waals surface area contributed by atoms with Crippen LogP contribution >= 0.6 is 0 Å². The zero-order chi connectivity index (χ0) is 20.7. The number of carboxylic acid groups (broad SMARTS) is 1. The highest BCUT2D eigenvalue weighted by Crippen LogP contribution is 2.26. The Bertz CT molecular complexity index is 1110. The van der Waals surface area contributed by atoms with Crippen LogP contribution in [0.15, 0.2) is 36.5 Å². The molecule has 5 N–H and O–H groups in total. The molecule has 1 aromatic carbocycles. The lowest BCUT2D eigenvalue weighted by Gasteiger charge is -2.15. The lowest BCUT2D eigenvalue weighted by Crippen LogP contribution is -2.41. The molecule has 3 heterocycles. The Kier molecular flexibility index (Phi) is 4.77. The van der Waals surface area contributed by atoms with E-state index in [0.717, 1.165) is 11.5 Å². The number of aromatic amines is 1. The molecule has 3 unspecified atom stereocenters. The Morgan fingerprint density at radius 2 is 1.97 bits per heavy atom. The van der Waals surface area contributed by atoms with Crippen molar-refractivity contribution in [2.75, 3.05) is 5.32 Å². The molecule has 150 valence electrons. The number of nitrogens with one attached hydrogen (secondary N) is 4. The van der Waals surface area contributed by atoms with Gasteiger partial charge in [-0.25, -0.2) is 19.6 Å². The molecule has 1 aliphatic rings. The number of pyridine rings is 1. The van der Waals surface area contributed by atoms with Crippen LogP contribution in [0.1, 0.15) is 24.2 Å². The Morgan fingerprint density at radius 1 is 1.17 bits per heavy atom. The van der Waals surface area contributed by atoms with Gasteiger partial charge in [0.05, 0.1) is 17.4 Å². The van der Waals surface area contributed by atoms with Gasteiger partial charge in [0, 0.05) is 22.7 Å². The molecule has 9 heteroatoms. The normalized spacial score (nSPS) is 21.4. The summed E-state index contributed by atoms with van der Waals surface area (Å²) in [5.74, 6) is -2.15. The smallest absolute Gasteiger partial charge is 0.338 e. The molecular formula is C20H20FN5O3. The number of carboxylic acids is 1. The molecule has 2 aromatic heterocycles. The highest BCUT2D eigenvalue weighted by Gasteiger charge is 2.34. The maximum Gasteiger partial charge on any atom is 0.338 e. The van der Waals surface area contributed by atoms with Crippen LogP contribution in [0.25, 0.3) is 22.3 Å². The number of halogens is 1. The SMILES string of the molecule is CC1NNC(C(=O)Nc2cnc3[nH]c(-c4ccc(C(=O)O)c(F)c4)cc3c2)C1C. The fourth-order valence-electron chi connectivity index (χ4n) is 3.39. The van der Waals surface area contributed by atoms with E-state index < -0.39 is 11.8 Å². The number of hydrazine groups is 1. The standard InChI is InChI=1S/C20H20FN5O3/c1-9-10(2)25-26-17(9)19(27)23-13-5-12-7-16(24-18(12)22-8-13)11-3-4-14(20(28)29)15(21)6-11/h3-10,17,25-26H,1-2H3,(H,22,24)(H,23,27)(H,28,29). The number of rotatable bonds is 4. The van der Waals surface area contributed by atoms with E-state index in [-0.39, 0.29) is 29.5 Å². The van der Waals surface area contributed by atoms with Gasteiger partial charge in [0.2, 0.25) is 5.91 Å². The average molecular weight is 397 g/mol. The zero-order valence-corrected chi connectivity index (χ0v) is 15.8. The largest absolute Gasteiger partial charge is 0.478 e. The number of aromatic carboxylic acids is 1. The van der Waals surface area contributed by atoms with E-state index in [0.29, 0.717) is 22.6 Å². The highest BCUT2D eigenvalue weighted by atomic mass is 19.1. The van der Waals surface area contributed by atoms with Crippen molar-refractivity contribution in [1.29, 1.82) is 0 Å². The van der Waals surface area contributed by atoms with E-state index in [1.807, 2.05) is 13.8 Å². The summed E-state index contributed by atoms with van der Waals surface area (Å²) < 4.78 is 14.0. The maximum atomic E-state index is 14.0. The van der Waals surface area contributed by atoms with E-state index in [1.165, 1.54) is 12.1 Å². The van der Waals surface area contributed by atoms with Crippen LogP contribution in [-0.2, 0) is 4.79 Å². The fourth-order valence-corrected chi connectivity index (χ4v) is 3.39. The number of hydrogen-bond acceptors (Lipinski definition) is 5. The molecule has 1 fully saturated rings. The van der Waals surface area contributed by atoms with Crippen molar-refractivity contribution in [3.8, 4) is 11.3 Å². The van der Waals surface area contributed by atoms with E-state index in [1.54, 1.807) is 18.3 Å². The van der Waals surface area contributed by atoms with Crippen LogP contribution in [-0.4, -0.2) is 39.0 Å². The molecular weight excluding hydrogens is 377 g/mol. The number of benzene rings is 1. The highest BCUT2D eigenvalue weighted by molar-refractivity contribution is 5.97. The fraction of sp³-hybridized carbons (Fsp3) is 0.250. The molecule has 3 atom stereocenters. The predicted molar refractivity (Wildman–Crippen MR) is 106 cm³/mol. The van der Waals surface area contributed by atoms with Gasteiger partial charge >= 0.3 is 5.97 Å². The van der Waals surface area contributed by atoms with Gasteiger partial charge in [0.15, 0.2) is 0 Å². The first kappa shape index (κ1) is 19.0. The summed E-state index contributed by atoms with van der Waals surface area (Å²) in [4.78, 5) is 30.9. The summed E-state index contributed by atoms with van der Waals surface area (Å²) >= 11 is 0. The number of carbonyl (C=O) groups excluding carboxylic acids is 1. The number of hydrogen-bond donors (Lipinski definition) is 5. The van der Waals surface area contributed by atoms with E-state index in [9.17, 15) is 14.0 Å². The number of fused-ring (bicyclic) bond motifs is 1. The van der Waals surface area contributed by atoms with Gasteiger partial charge in [-0.05, 0) is 37.1 Å². The van der Waals surface area contributed by atoms with Crippen LogP contribution in [0, 0.1) is 11.7 Å². The molecule has 29 heavy (non-hydrogen) atoms. The third-order valence-electron chi connectivity index (χ3n) is 5.31. The lowest BCUT2D eigenvalue weighted by atomic mass is 9.97. The molecule has 3 aromatic rings.